The molecule has 0 aliphatic heterocycles. The van der Waals surface area contributed by atoms with E-state index in [1.54, 1.807) is 6.33 Å². The van der Waals surface area contributed by atoms with Crippen LogP contribution in [0.2, 0.25) is 0 Å². The van der Waals surface area contributed by atoms with E-state index in [0.717, 1.165) is 15.9 Å². The summed E-state index contributed by atoms with van der Waals surface area (Å²) in [4.78, 5) is 10.6. The smallest absolute Gasteiger partial charge is 0.149 e. The number of anilines is 2. The van der Waals surface area contributed by atoms with Crippen LogP contribution in [0, 0.1) is 10.5 Å². The highest BCUT2D eigenvalue weighted by Gasteiger charge is 2.13. The summed E-state index contributed by atoms with van der Waals surface area (Å²) in [7, 11) is 0. The van der Waals surface area contributed by atoms with E-state index in [1.165, 1.54) is 11.3 Å². The zero-order valence-electron chi connectivity index (χ0n) is 9.89. The van der Waals surface area contributed by atoms with Crippen molar-refractivity contribution < 1.29 is 0 Å². The maximum atomic E-state index is 4.37. The Balaban J connectivity index is 2.48. The fourth-order valence-electron chi connectivity index (χ4n) is 1.81. The van der Waals surface area contributed by atoms with E-state index in [0.29, 0.717) is 0 Å². The van der Waals surface area contributed by atoms with Crippen LogP contribution in [0.5, 0.6) is 0 Å². The molecule has 0 aliphatic carbocycles. The normalized spacial score (nSPS) is 10.3. The van der Waals surface area contributed by atoms with Crippen molar-refractivity contribution >= 4 is 34.1 Å². The number of aromatic nitrogens is 2. The maximum Gasteiger partial charge on any atom is 0.149 e. The second-order valence-electron chi connectivity index (χ2n) is 3.73. The SMILES string of the molecule is CCN(c1ccccc1C)c1ncncc1I. The molecule has 1 aromatic heterocycles. The van der Waals surface area contributed by atoms with Crippen molar-refractivity contribution in [2.24, 2.45) is 0 Å². The van der Waals surface area contributed by atoms with Crippen LogP contribution in [0.4, 0.5) is 11.5 Å². The van der Waals surface area contributed by atoms with Crippen molar-refractivity contribution in [3.8, 4) is 0 Å². The van der Waals surface area contributed by atoms with Gasteiger partial charge in [0, 0.05) is 18.4 Å². The Morgan fingerprint density at radius 3 is 2.71 bits per heavy atom. The molecule has 2 aromatic rings. The number of para-hydroxylation sites is 1. The van der Waals surface area contributed by atoms with Gasteiger partial charge in [0.05, 0.1) is 3.57 Å². The third-order valence-corrected chi connectivity index (χ3v) is 3.39. The molecule has 1 heterocycles. The number of rotatable bonds is 3. The Morgan fingerprint density at radius 1 is 1.29 bits per heavy atom. The molecule has 0 unspecified atom stereocenters. The largest absolute Gasteiger partial charge is 0.325 e. The summed E-state index contributed by atoms with van der Waals surface area (Å²) < 4.78 is 1.07. The summed E-state index contributed by atoms with van der Waals surface area (Å²) in [5, 5.41) is 0. The number of nitrogens with zero attached hydrogens (tertiary/aromatic N) is 3. The number of aryl methyl sites for hydroxylation is 1. The molecule has 0 spiro atoms. The minimum absolute atomic E-state index is 0.887. The molecule has 0 atom stereocenters. The summed E-state index contributed by atoms with van der Waals surface area (Å²) in [5.41, 5.74) is 2.45. The van der Waals surface area contributed by atoms with Gasteiger partial charge >= 0.3 is 0 Å². The first-order chi connectivity index (χ1) is 8.24. The lowest BCUT2D eigenvalue weighted by atomic mass is 10.2. The van der Waals surface area contributed by atoms with Crippen molar-refractivity contribution in [3.63, 3.8) is 0 Å². The van der Waals surface area contributed by atoms with Crippen molar-refractivity contribution in [2.75, 3.05) is 11.4 Å². The molecule has 0 bridgehead atoms. The van der Waals surface area contributed by atoms with Crippen LogP contribution >= 0.6 is 22.6 Å². The lowest BCUT2D eigenvalue weighted by molar-refractivity contribution is 0.962. The summed E-state index contributed by atoms with van der Waals surface area (Å²) in [5.74, 6) is 0.970. The Hall–Kier alpha value is -1.17. The third kappa shape index (κ3) is 2.57. The van der Waals surface area contributed by atoms with Gasteiger partial charge in [-0.2, -0.15) is 0 Å². The van der Waals surface area contributed by atoms with Gasteiger partial charge in [-0.1, -0.05) is 18.2 Å². The number of benzene rings is 1. The molecule has 4 heteroatoms. The first-order valence-electron chi connectivity index (χ1n) is 5.52. The highest BCUT2D eigenvalue weighted by molar-refractivity contribution is 14.1. The molecule has 17 heavy (non-hydrogen) atoms. The van der Waals surface area contributed by atoms with Crippen molar-refractivity contribution in [1.82, 2.24) is 9.97 Å². The Morgan fingerprint density at radius 2 is 2.06 bits per heavy atom. The summed E-state index contributed by atoms with van der Waals surface area (Å²) in [6.45, 7) is 5.13. The number of hydrogen-bond acceptors (Lipinski definition) is 3. The zero-order chi connectivity index (χ0) is 12.3. The molecule has 2 rings (SSSR count). The maximum absolute atomic E-state index is 4.37. The van der Waals surface area contributed by atoms with E-state index < -0.39 is 0 Å². The Bertz CT molecular complexity index is 468. The molecular formula is C13H14IN3. The molecule has 88 valence electrons. The number of hydrogen-bond donors (Lipinski definition) is 0. The molecule has 3 nitrogen and oxygen atoms in total. The van der Waals surface area contributed by atoms with Crippen LogP contribution in [-0.4, -0.2) is 16.5 Å². The molecule has 1 aromatic carbocycles. The molecule has 0 saturated carbocycles. The quantitative estimate of drug-likeness (QED) is 0.801. The van der Waals surface area contributed by atoms with Crippen LogP contribution < -0.4 is 4.90 Å². The predicted octanol–water partition coefficient (Wildman–Crippen LogP) is 3.55. The zero-order valence-corrected chi connectivity index (χ0v) is 12.0. The fourth-order valence-corrected chi connectivity index (χ4v) is 2.40. The highest BCUT2D eigenvalue weighted by atomic mass is 127. The van der Waals surface area contributed by atoms with Crippen LogP contribution in [0.25, 0.3) is 0 Å². The lowest BCUT2D eigenvalue weighted by Gasteiger charge is -2.24. The van der Waals surface area contributed by atoms with Crippen LogP contribution in [-0.2, 0) is 0 Å². The first-order valence-corrected chi connectivity index (χ1v) is 6.60. The minimum atomic E-state index is 0.887. The van der Waals surface area contributed by atoms with Gasteiger partial charge in [0.2, 0.25) is 0 Å². The van der Waals surface area contributed by atoms with Gasteiger partial charge in [-0.3, -0.25) is 0 Å². The van der Waals surface area contributed by atoms with E-state index in [2.05, 4.69) is 75.6 Å². The third-order valence-electron chi connectivity index (χ3n) is 2.63. The Kier molecular flexibility index (Phi) is 3.93. The van der Waals surface area contributed by atoms with E-state index in [9.17, 15) is 0 Å². The molecule has 0 amide bonds. The van der Waals surface area contributed by atoms with E-state index in [4.69, 9.17) is 0 Å². The molecule has 0 saturated heterocycles. The predicted molar refractivity (Wildman–Crippen MR) is 78.6 cm³/mol. The van der Waals surface area contributed by atoms with E-state index in [-0.39, 0.29) is 0 Å². The molecular weight excluding hydrogens is 325 g/mol. The van der Waals surface area contributed by atoms with Crippen LogP contribution in [0.1, 0.15) is 12.5 Å². The van der Waals surface area contributed by atoms with Gasteiger partial charge in [0.1, 0.15) is 12.1 Å². The Labute approximate surface area is 115 Å². The highest BCUT2D eigenvalue weighted by Crippen LogP contribution is 2.28. The number of halogens is 1. The van der Waals surface area contributed by atoms with Crippen LogP contribution in [0.3, 0.4) is 0 Å². The summed E-state index contributed by atoms with van der Waals surface area (Å²) in [6, 6.07) is 8.35. The van der Waals surface area contributed by atoms with Gasteiger partial charge in [0.25, 0.3) is 0 Å². The van der Waals surface area contributed by atoms with Crippen molar-refractivity contribution in [3.05, 3.63) is 45.9 Å². The van der Waals surface area contributed by atoms with Crippen LogP contribution in [0.15, 0.2) is 36.8 Å². The van der Waals surface area contributed by atoms with Gasteiger partial charge in [-0.15, -0.1) is 0 Å². The minimum Gasteiger partial charge on any atom is -0.325 e. The van der Waals surface area contributed by atoms with E-state index in [1.807, 2.05) is 6.20 Å². The van der Waals surface area contributed by atoms with Gasteiger partial charge in [-0.05, 0) is 48.1 Å². The lowest BCUT2D eigenvalue weighted by Crippen LogP contribution is -2.19. The second-order valence-corrected chi connectivity index (χ2v) is 4.89. The van der Waals surface area contributed by atoms with Gasteiger partial charge < -0.3 is 4.90 Å². The molecule has 0 N–H and O–H groups in total. The molecule has 0 aliphatic rings. The average molecular weight is 339 g/mol. The summed E-state index contributed by atoms with van der Waals surface area (Å²) in [6.07, 6.45) is 3.43. The van der Waals surface area contributed by atoms with Gasteiger partial charge in [0.15, 0.2) is 0 Å². The fraction of sp³-hybridized carbons (Fsp3) is 0.231. The summed E-state index contributed by atoms with van der Waals surface area (Å²) >= 11 is 2.27. The topological polar surface area (TPSA) is 29.0 Å². The first kappa shape index (κ1) is 12.3. The van der Waals surface area contributed by atoms with E-state index >= 15 is 0 Å². The van der Waals surface area contributed by atoms with Crippen molar-refractivity contribution in [1.29, 1.82) is 0 Å². The molecule has 0 radical (unpaired) electrons. The monoisotopic (exact) mass is 339 g/mol. The second kappa shape index (κ2) is 5.44. The van der Waals surface area contributed by atoms with Gasteiger partial charge in [-0.25, -0.2) is 9.97 Å². The standard InChI is InChI=1S/C13H14IN3/c1-3-17(12-7-5-4-6-10(12)2)13-11(14)8-15-9-16-13/h4-9H,3H2,1-2H3. The average Bonchev–Trinajstić information content (AvgIpc) is 2.34. The molecule has 0 fully saturated rings. The van der Waals surface area contributed by atoms with Crippen molar-refractivity contribution in [2.45, 2.75) is 13.8 Å².